The van der Waals surface area contributed by atoms with Crippen LogP contribution in [0.4, 0.5) is 0 Å². The van der Waals surface area contributed by atoms with E-state index in [0.29, 0.717) is 0 Å². The maximum Gasteiger partial charge on any atom is 0.113 e. The molecule has 9 heavy (non-hydrogen) atoms. The molecule has 0 saturated heterocycles. The monoisotopic (exact) mass is 147 g/mol. The molecular formula is C7H21NSi. The van der Waals surface area contributed by atoms with E-state index >= 15 is 0 Å². The number of nitrogens with two attached hydrogens (primary N) is 1. The summed E-state index contributed by atoms with van der Waals surface area (Å²) in [4.78, 5) is 0. The minimum atomic E-state index is -1.11. The maximum absolute atomic E-state index is 5.49. The van der Waals surface area contributed by atoms with E-state index in [2.05, 4.69) is 33.5 Å². The van der Waals surface area contributed by atoms with Crippen molar-refractivity contribution in [1.29, 1.82) is 0 Å². The van der Waals surface area contributed by atoms with Crippen molar-refractivity contribution in [2.45, 2.75) is 46.3 Å². The fraction of sp³-hybridized carbons (Fsp3) is 1.00. The van der Waals surface area contributed by atoms with E-state index < -0.39 is 8.24 Å². The van der Waals surface area contributed by atoms with Gasteiger partial charge in [0.15, 0.2) is 0 Å². The van der Waals surface area contributed by atoms with E-state index in [-0.39, 0.29) is 0 Å². The Morgan fingerprint density at radius 3 is 1.11 bits per heavy atom. The van der Waals surface area contributed by atoms with Crippen LogP contribution in [0.1, 0.15) is 26.7 Å². The van der Waals surface area contributed by atoms with Crippen molar-refractivity contribution >= 4 is 8.24 Å². The average molecular weight is 147 g/mol. The number of hydrogen-bond donors (Lipinski definition) is 1. The Kier molecular flexibility index (Phi) is 8.34. The van der Waals surface area contributed by atoms with Crippen LogP contribution in [-0.4, -0.2) is 8.24 Å². The van der Waals surface area contributed by atoms with Gasteiger partial charge >= 0.3 is 0 Å². The zero-order valence-corrected chi connectivity index (χ0v) is 8.49. The highest BCUT2D eigenvalue weighted by Gasteiger charge is 2.00. The van der Waals surface area contributed by atoms with Gasteiger partial charge in [0, 0.05) is 0 Å². The highest BCUT2D eigenvalue weighted by Crippen LogP contribution is 1.83. The summed E-state index contributed by atoms with van der Waals surface area (Å²) in [6.45, 7) is 10.7. The van der Waals surface area contributed by atoms with Crippen LogP contribution >= 0.6 is 0 Å². The third kappa shape index (κ3) is 225. The van der Waals surface area contributed by atoms with Crippen molar-refractivity contribution in [1.82, 2.24) is 0 Å². The normalized spacial score (nSPS) is 10.0. The Bertz CT molecular complexity index is 39.4. The molecule has 0 atom stereocenters. The second-order valence-corrected chi connectivity index (χ2v) is 8.10. The molecule has 58 valence electrons. The summed E-state index contributed by atoms with van der Waals surface area (Å²) in [6, 6.07) is 0. The molecule has 0 saturated carbocycles. The fourth-order valence-corrected chi connectivity index (χ4v) is 0. The van der Waals surface area contributed by atoms with Gasteiger partial charge in [-0.1, -0.05) is 46.3 Å². The lowest BCUT2D eigenvalue weighted by Gasteiger charge is -2.02. The summed E-state index contributed by atoms with van der Waals surface area (Å²) in [5, 5.41) is 5.49. The summed E-state index contributed by atoms with van der Waals surface area (Å²) in [6.07, 6.45) is 2.64. The molecule has 0 spiro atoms. The Morgan fingerprint density at radius 2 is 1.11 bits per heavy atom. The lowest BCUT2D eigenvalue weighted by Crippen LogP contribution is -2.32. The van der Waals surface area contributed by atoms with Crippen molar-refractivity contribution < 1.29 is 0 Å². The first-order chi connectivity index (χ1) is 3.91. The Balaban J connectivity index is 0. The van der Waals surface area contributed by atoms with E-state index in [4.69, 9.17) is 5.40 Å². The predicted molar refractivity (Wildman–Crippen MR) is 48.1 cm³/mol. The van der Waals surface area contributed by atoms with Crippen LogP contribution < -0.4 is 5.40 Å². The van der Waals surface area contributed by atoms with Gasteiger partial charge in [-0.05, 0) is 0 Å². The van der Waals surface area contributed by atoms with Crippen molar-refractivity contribution in [3.05, 3.63) is 0 Å². The number of unbranched alkanes of at least 4 members (excludes halogenated alkanes) is 1. The predicted octanol–water partition coefficient (Wildman–Crippen LogP) is 2.59. The van der Waals surface area contributed by atoms with Gasteiger partial charge in [-0.15, -0.1) is 0 Å². The van der Waals surface area contributed by atoms with Crippen molar-refractivity contribution in [2.24, 2.45) is 5.40 Å². The zero-order valence-electron chi connectivity index (χ0n) is 7.49. The van der Waals surface area contributed by atoms with E-state index in [1.807, 2.05) is 0 Å². The molecule has 2 N–H and O–H groups in total. The lowest BCUT2D eigenvalue weighted by atomic mass is 10.4. The number of hydrogen-bond acceptors (Lipinski definition) is 1. The zero-order chi connectivity index (χ0) is 7.91. The second-order valence-electron chi connectivity index (χ2n) is 3.37. The highest BCUT2D eigenvalue weighted by atomic mass is 28.3. The molecule has 0 amide bonds. The molecule has 0 aliphatic carbocycles. The van der Waals surface area contributed by atoms with E-state index in [1.165, 1.54) is 12.8 Å². The van der Waals surface area contributed by atoms with Crippen LogP contribution in [0.25, 0.3) is 0 Å². The fourth-order valence-electron chi connectivity index (χ4n) is 0. The largest absolute Gasteiger partial charge is 0.351 e. The molecule has 2 heteroatoms. The van der Waals surface area contributed by atoms with Gasteiger partial charge in [-0.3, -0.25) is 0 Å². The van der Waals surface area contributed by atoms with E-state index in [9.17, 15) is 0 Å². The minimum Gasteiger partial charge on any atom is -0.351 e. The van der Waals surface area contributed by atoms with E-state index in [1.54, 1.807) is 0 Å². The van der Waals surface area contributed by atoms with Crippen LogP contribution in [0.15, 0.2) is 0 Å². The Hall–Kier alpha value is 0.177. The van der Waals surface area contributed by atoms with Crippen LogP contribution in [0.2, 0.25) is 19.6 Å². The van der Waals surface area contributed by atoms with Gasteiger partial charge in [0.05, 0.1) is 0 Å². The van der Waals surface area contributed by atoms with Crippen LogP contribution in [0.3, 0.4) is 0 Å². The summed E-state index contributed by atoms with van der Waals surface area (Å²) < 4.78 is 0. The number of rotatable bonds is 1. The smallest absolute Gasteiger partial charge is 0.113 e. The first-order valence-corrected chi connectivity index (χ1v) is 7.28. The highest BCUT2D eigenvalue weighted by molar-refractivity contribution is 6.72. The standard InChI is InChI=1S/C4H10.C3H11NSi/c1-3-4-2;1-5(2,3)4/h3-4H2,1-2H3;4H2,1-3H3. The topological polar surface area (TPSA) is 26.0 Å². The van der Waals surface area contributed by atoms with Crippen molar-refractivity contribution in [3.63, 3.8) is 0 Å². The SMILES string of the molecule is CCCC.C[Si](C)(C)N. The molecule has 0 aromatic rings. The molecule has 0 aliphatic rings. The van der Waals surface area contributed by atoms with E-state index in [0.717, 1.165) is 0 Å². The molecule has 0 bridgehead atoms. The molecule has 0 aromatic heterocycles. The van der Waals surface area contributed by atoms with Crippen LogP contribution in [0.5, 0.6) is 0 Å². The first-order valence-electron chi connectivity index (χ1n) is 3.70. The average Bonchev–Trinajstić information content (AvgIpc) is 1.61. The molecule has 0 rings (SSSR count). The van der Waals surface area contributed by atoms with Crippen molar-refractivity contribution in [2.75, 3.05) is 0 Å². The minimum absolute atomic E-state index is 1.11. The van der Waals surface area contributed by atoms with Crippen molar-refractivity contribution in [3.8, 4) is 0 Å². The van der Waals surface area contributed by atoms with Crippen LogP contribution in [0, 0.1) is 0 Å². The molecule has 0 heterocycles. The molecule has 1 nitrogen and oxygen atoms in total. The molecular weight excluding hydrogens is 126 g/mol. The Morgan fingerprint density at radius 1 is 1.00 bits per heavy atom. The van der Waals surface area contributed by atoms with Gasteiger partial charge in [-0.2, -0.15) is 0 Å². The summed E-state index contributed by atoms with van der Waals surface area (Å²) in [5.41, 5.74) is 0. The molecule has 0 aliphatic heterocycles. The molecule has 0 radical (unpaired) electrons. The molecule has 0 aromatic carbocycles. The quantitative estimate of drug-likeness (QED) is 0.567. The van der Waals surface area contributed by atoms with Gasteiger partial charge in [-0.25, -0.2) is 0 Å². The first kappa shape index (κ1) is 11.9. The van der Waals surface area contributed by atoms with Crippen LogP contribution in [-0.2, 0) is 0 Å². The molecule has 0 unspecified atom stereocenters. The second kappa shape index (κ2) is 6.30. The third-order valence-corrected chi connectivity index (χ3v) is 0.500. The lowest BCUT2D eigenvalue weighted by molar-refractivity contribution is 0.886. The summed E-state index contributed by atoms with van der Waals surface area (Å²) >= 11 is 0. The summed E-state index contributed by atoms with van der Waals surface area (Å²) in [5.74, 6) is 0. The summed E-state index contributed by atoms with van der Waals surface area (Å²) in [7, 11) is -1.11. The maximum atomic E-state index is 5.49. The van der Waals surface area contributed by atoms with Gasteiger partial charge < -0.3 is 5.40 Å². The Labute approximate surface area is 60.7 Å². The molecule has 0 fully saturated rings. The third-order valence-electron chi connectivity index (χ3n) is 0.500. The van der Waals surface area contributed by atoms with Gasteiger partial charge in [0.1, 0.15) is 8.24 Å². The van der Waals surface area contributed by atoms with Gasteiger partial charge in [0.25, 0.3) is 0 Å². The van der Waals surface area contributed by atoms with Gasteiger partial charge in [0.2, 0.25) is 0 Å².